The van der Waals surface area contributed by atoms with Crippen LogP contribution in [0.3, 0.4) is 0 Å². The molecule has 2 atom stereocenters. The molecule has 106 valence electrons. The Morgan fingerprint density at radius 2 is 1.78 bits per heavy atom. The van der Waals surface area contributed by atoms with Crippen molar-refractivity contribution in [3.05, 3.63) is 0 Å². The lowest BCUT2D eigenvalue weighted by Crippen LogP contribution is -2.42. The first kappa shape index (κ1) is 14.3. The van der Waals surface area contributed by atoms with E-state index in [1.54, 1.807) is 0 Å². The van der Waals surface area contributed by atoms with Crippen molar-refractivity contribution in [2.24, 2.45) is 11.3 Å². The van der Waals surface area contributed by atoms with Crippen LogP contribution >= 0.6 is 0 Å². The summed E-state index contributed by atoms with van der Waals surface area (Å²) in [4.78, 5) is 2.78. The maximum absolute atomic E-state index is 3.61. The summed E-state index contributed by atoms with van der Waals surface area (Å²) in [5, 5.41) is 3.61. The van der Waals surface area contributed by atoms with Crippen molar-refractivity contribution in [1.29, 1.82) is 0 Å². The Labute approximate surface area is 114 Å². The highest BCUT2D eigenvalue weighted by Gasteiger charge is 2.29. The van der Waals surface area contributed by atoms with E-state index in [0.29, 0.717) is 5.41 Å². The minimum Gasteiger partial charge on any atom is -0.315 e. The third-order valence-electron chi connectivity index (χ3n) is 5.02. The van der Waals surface area contributed by atoms with Gasteiger partial charge < -0.3 is 5.32 Å². The van der Waals surface area contributed by atoms with Gasteiger partial charge in [0, 0.05) is 12.6 Å². The number of rotatable bonds is 1. The number of nitrogens with one attached hydrogen (secondary N) is 1. The Kier molecular flexibility index (Phi) is 5.08. The standard InChI is InChI=1S/C16H32N2/c1-16(2,3)14-7-6-11-18(12-9-14)15-8-4-5-10-17-13-15/h14-15,17H,4-13H2,1-3H3. The Morgan fingerprint density at radius 3 is 2.56 bits per heavy atom. The van der Waals surface area contributed by atoms with Gasteiger partial charge in [0.05, 0.1) is 0 Å². The van der Waals surface area contributed by atoms with E-state index in [1.165, 1.54) is 64.7 Å². The molecule has 2 saturated heterocycles. The number of likely N-dealkylation sites (tertiary alicyclic amines) is 1. The summed E-state index contributed by atoms with van der Waals surface area (Å²) < 4.78 is 0. The Hall–Kier alpha value is -0.0800. The zero-order chi connectivity index (χ0) is 13.0. The van der Waals surface area contributed by atoms with Gasteiger partial charge in [0.25, 0.3) is 0 Å². The van der Waals surface area contributed by atoms with Gasteiger partial charge in [0.15, 0.2) is 0 Å². The first-order valence-electron chi connectivity index (χ1n) is 8.02. The Bertz CT molecular complexity index is 236. The summed E-state index contributed by atoms with van der Waals surface area (Å²) >= 11 is 0. The van der Waals surface area contributed by atoms with Gasteiger partial charge in [-0.2, -0.15) is 0 Å². The topological polar surface area (TPSA) is 15.3 Å². The predicted octanol–water partition coefficient (Wildman–Crippen LogP) is 3.28. The molecule has 2 aliphatic heterocycles. The van der Waals surface area contributed by atoms with E-state index in [0.717, 1.165) is 12.0 Å². The zero-order valence-electron chi connectivity index (χ0n) is 12.7. The van der Waals surface area contributed by atoms with Crippen LogP contribution in [0.5, 0.6) is 0 Å². The molecule has 0 bridgehead atoms. The SMILES string of the molecule is CC(C)(C)C1CCCN(C2CCCCNC2)CC1. The monoisotopic (exact) mass is 252 g/mol. The number of hydrogen-bond acceptors (Lipinski definition) is 2. The molecule has 0 aromatic carbocycles. The molecular weight excluding hydrogens is 220 g/mol. The number of nitrogens with zero attached hydrogens (tertiary/aromatic N) is 1. The van der Waals surface area contributed by atoms with Gasteiger partial charge in [-0.1, -0.05) is 27.2 Å². The molecule has 18 heavy (non-hydrogen) atoms. The normalized spacial score (nSPS) is 32.8. The van der Waals surface area contributed by atoms with Gasteiger partial charge in [0.1, 0.15) is 0 Å². The molecule has 0 aromatic heterocycles. The van der Waals surface area contributed by atoms with Crippen molar-refractivity contribution in [3.63, 3.8) is 0 Å². The van der Waals surface area contributed by atoms with Crippen molar-refractivity contribution in [2.45, 2.75) is 65.3 Å². The van der Waals surface area contributed by atoms with Crippen molar-refractivity contribution >= 4 is 0 Å². The summed E-state index contributed by atoms with van der Waals surface area (Å²) in [6, 6.07) is 0.811. The fourth-order valence-electron chi connectivity index (χ4n) is 3.66. The van der Waals surface area contributed by atoms with E-state index in [-0.39, 0.29) is 0 Å². The molecular formula is C16H32N2. The molecule has 2 heteroatoms. The fraction of sp³-hybridized carbons (Fsp3) is 1.00. The molecule has 2 fully saturated rings. The van der Waals surface area contributed by atoms with E-state index in [2.05, 4.69) is 31.0 Å². The second-order valence-electron chi connectivity index (χ2n) is 7.38. The largest absolute Gasteiger partial charge is 0.315 e. The van der Waals surface area contributed by atoms with Crippen LogP contribution in [0.2, 0.25) is 0 Å². The second-order valence-corrected chi connectivity index (χ2v) is 7.38. The fourth-order valence-corrected chi connectivity index (χ4v) is 3.66. The summed E-state index contributed by atoms with van der Waals surface area (Å²) in [6.45, 7) is 12.4. The lowest BCUT2D eigenvalue weighted by Gasteiger charge is -2.32. The molecule has 2 rings (SSSR count). The van der Waals surface area contributed by atoms with Crippen molar-refractivity contribution in [2.75, 3.05) is 26.2 Å². The summed E-state index contributed by atoms with van der Waals surface area (Å²) in [5.74, 6) is 0.918. The van der Waals surface area contributed by atoms with E-state index >= 15 is 0 Å². The average molecular weight is 252 g/mol. The lowest BCUT2D eigenvalue weighted by atomic mass is 9.77. The molecule has 2 nitrogen and oxygen atoms in total. The van der Waals surface area contributed by atoms with E-state index in [4.69, 9.17) is 0 Å². The van der Waals surface area contributed by atoms with Gasteiger partial charge in [0.2, 0.25) is 0 Å². The van der Waals surface area contributed by atoms with Crippen LogP contribution in [0.25, 0.3) is 0 Å². The minimum atomic E-state index is 0.498. The first-order chi connectivity index (χ1) is 8.57. The molecule has 0 saturated carbocycles. The van der Waals surface area contributed by atoms with Crippen LogP contribution in [-0.4, -0.2) is 37.1 Å². The van der Waals surface area contributed by atoms with Crippen LogP contribution < -0.4 is 5.32 Å². The first-order valence-corrected chi connectivity index (χ1v) is 8.02. The van der Waals surface area contributed by atoms with Crippen LogP contribution in [-0.2, 0) is 0 Å². The van der Waals surface area contributed by atoms with Gasteiger partial charge >= 0.3 is 0 Å². The Balaban J connectivity index is 1.88. The van der Waals surface area contributed by atoms with Crippen molar-refractivity contribution < 1.29 is 0 Å². The molecule has 0 aromatic rings. The quantitative estimate of drug-likeness (QED) is 0.770. The molecule has 2 aliphatic rings. The molecule has 2 unspecified atom stereocenters. The maximum atomic E-state index is 3.61. The van der Waals surface area contributed by atoms with Gasteiger partial charge in [-0.25, -0.2) is 0 Å². The van der Waals surface area contributed by atoms with Gasteiger partial charge in [-0.3, -0.25) is 4.90 Å². The summed E-state index contributed by atoms with van der Waals surface area (Å²) in [5.41, 5.74) is 0.498. The van der Waals surface area contributed by atoms with Gasteiger partial charge in [-0.15, -0.1) is 0 Å². The second kappa shape index (κ2) is 6.38. The molecule has 1 N–H and O–H groups in total. The molecule has 0 aliphatic carbocycles. The highest BCUT2D eigenvalue weighted by molar-refractivity contribution is 4.83. The van der Waals surface area contributed by atoms with Gasteiger partial charge in [-0.05, 0) is 63.1 Å². The van der Waals surface area contributed by atoms with E-state index in [9.17, 15) is 0 Å². The minimum absolute atomic E-state index is 0.498. The Morgan fingerprint density at radius 1 is 0.944 bits per heavy atom. The maximum Gasteiger partial charge on any atom is 0.0220 e. The highest BCUT2D eigenvalue weighted by atomic mass is 15.2. The smallest absolute Gasteiger partial charge is 0.0220 e. The molecule has 0 amide bonds. The van der Waals surface area contributed by atoms with E-state index < -0.39 is 0 Å². The lowest BCUT2D eigenvalue weighted by molar-refractivity contribution is 0.176. The third kappa shape index (κ3) is 3.96. The third-order valence-corrected chi connectivity index (χ3v) is 5.02. The zero-order valence-corrected chi connectivity index (χ0v) is 12.7. The van der Waals surface area contributed by atoms with Crippen LogP contribution in [0.1, 0.15) is 59.3 Å². The highest BCUT2D eigenvalue weighted by Crippen LogP contribution is 2.34. The molecule has 0 radical (unpaired) electrons. The summed E-state index contributed by atoms with van der Waals surface area (Å²) in [7, 11) is 0. The van der Waals surface area contributed by atoms with Crippen molar-refractivity contribution in [1.82, 2.24) is 10.2 Å². The molecule has 2 heterocycles. The molecule has 0 spiro atoms. The average Bonchev–Trinajstić information content (AvgIpc) is 2.70. The van der Waals surface area contributed by atoms with E-state index in [1.807, 2.05) is 0 Å². The van der Waals surface area contributed by atoms with Crippen LogP contribution in [0.15, 0.2) is 0 Å². The number of hydrogen-bond donors (Lipinski definition) is 1. The van der Waals surface area contributed by atoms with Crippen LogP contribution in [0, 0.1) is 11.3 Å². The predicted molar refractivity (Wildman–Crippen MR) is 78.9 cm³/mol. The summed E-state index contributed by atoms with van der Waals surface area (Å²) in [6.07, 6.45) is 8.43. The van der Waals surface area contributed by atoms with Crippen LogP contribution in [0.4, 0.5) is 0 Å². The van der Waals surface area contributed by atoms with Crippen molar-refractivity contribution in [3.8, 4) is 0 Å².